The Bertz CT molecular complexity index is 1060. The monoisotopic (exact) mass is 432 g/mol. The Kier molecular flexibility index (Phi) is 6.26. The number of ether oxygens (including phenoxy) is 1. The van der Waals surface area contributed by atoms with Crippen LogP contribution in [0.1, 0.15) is 58.5 Å². The van der Waals surface area contributed by atoms with Crippen LogP contribution < -0.4 is 0 Å². The summed E-state index contributed by atoms with van der Waals surface area (Å²) in [5.41, 5.74) is 4.59. The molecule has 0 aromatic heterocycles. The van der Waals surface area contributed by atoms with E-state index in [1.54, 1.807) is 12.1 Å². The number of halogens is 1. The first kappa shape index (κ1) is 21.4. The van der Waals surface area contributed by atoms with Crippen molar-refractivity contribution in [3.63, 3.8) is 0 Å². The van der Waals surface area contributed by atoms with Crippen molar-refractivity contribution in [3.05, 3.63) is 118 Å². The largest absolute Gasteiger partial charge is 0.478 e. The lowest BCUT2D eigenvalue weighted by atomic mass is 9.74. The first-order valence-electron chi connectivity index (χ1n) is 10.4. The topological polar surface area (TPSA) is 46.5 Å². The molecule has 0 aliphatic carbocycles. The van der Waals surface area contributed by atoms with Gasteiger partial charge in [-0.1, -0.05) is 78.4 Å². The molecule has 3 aromatic carbocycles. The maximum absolute atomic E-state index is 11.3. The lowest BCUT2D eigenvalue weighted by molar-refractivity contribution is -0.0918. The molecule has 0 spiro atoms. The van der Waals surface area contributed by atoms with E-state index in [4.69, 9.17) is 16.3 Å². The van der Waals surface area contributed by atoms with E-state index in [1.807, 2.05) is 49.4 Å². The molecule has 4 rings (SSSR count). The summed E-state index contributed by atoms with van der Waals surface area (Å²) in [4.78, 5) is 11.3. The zero-order valence-electron chi connectivity index (χ0n) is 17.4. The predicted molar refractivity (Wildman–Crippen MR) is 124 cm³/mol. The average molecular weight is 433 g/mol. The molecule has 1 saturated heterocycles. The number of rotatable bonds is 5. The molecule has 1 aliphatic rings. The third kappa shape index (κ3) is 4.58. The fourth-order valence-electron chi connectivity index (χ4n) is 4.43. The molecule has 0 amide bonds. The fraction of sp³-hybridized carbons (Fsp3) is 0.222. The maximum atomic E-state index is 11.3. The maximum Gasteiger partial charge on any atom is 0.335 e. The van der Waals surface area contributed by atoms with E-state index in [1.165, 1.54) is 5.56 Å². The summed E-state index contributed by atoms with van der Waals surface area (Å²) in [5.74, 6) is -0.654. The molecular formula is C27H25ClO3. The van der Waals surface area contributed by atoms with Crippen LogP contribution in [-0.2, 0) is 4.74 Å². The molecule has 0 bridgehead atoms. The molecule has 1 N–H and O–H groups in total. The number of carboxylic acids is 1. The molecule has 1 heterocycles. The normalized spacial score (nSPS) is 23.3. The van der Waals surface area contributed by atoms with Gasteiger partial charge in [-0.05, 0) is 54.3 Å². The number of hydrogen-bond acceptors (Lipinski definition) is 2. The van der Waals surface area contributed by atoms with E-state index in [0.717, 1.165) is 23.1 Å². The minimum atomic E-state index is -0.934. The van der Waals surface area contributed by atoms with Crippen molar-refractivity contribution in [2.24, 2.45) is 5.92 Å². The Balaban J connectivity index is 1.75. The van der Waals surface area contributed by atoms with Gasteiger partial charge >= 0.3 is 5.97 Å². The molecule has 3 aromatic rings. The SMILES string of the molecule is C=C(C)[C@@H]1C[C@@H](c2ccccc2)[C@@H](c2ccc(Cl)cc2)O[C@H]1c1ccc(C(=O)O)cc1. The van der Waals surface area contributed by atoms with Gasteiger partial charge in [0.25, 0.3) is 0 Å². The second kappa shape index (κ2) is 9.09. The molecule has 3 nitrogen and oxygen atoms in total. The van der Waals surface area contributed by atoms with Crippen LogP contribution >= 0.6 is 11.6 Å². The molecule has 1 aliphatic heterocycles. The van der Waals surface area contributed by atoms with Gasteiger partial charge in [0.15, 0.2) is 0 Å². The van der Waals surface area contributed by atoms with Crippen molar-refractivity contribution in [1.82, 2.24) is 0 Å². The average Bonchev–Trinajstić information content (AvgIpc) is 2.79. The molecule has 0 unspecified atom stereocenters. The zero-order chi connectivity index (χ0) is 22.0. The van der Waals surface area contributed by atoms with Crippen molar-refractivity contribution in [2.75, 3.05) is 0 Å². The van der Waals surface area contributed by atoms with Crippen LogP contribution in [0, 0.1) is 5.92 Å². The molecule has 0 radical (unpaired) electrons. The van der Waals surface area contributed by atoms with Crippen molar-refractivity contribution in [2.45, 2.75) is 31.5 Å². The molecule has 31 heavy (non-hydrogen) atoms. The molecule has 4 heteroatoms. The summed E-state index contributed by atoms with van der Waals surface area (Å²) < 4.78 is 6.79. The number of carbonyl (C=O) groups is 1. The van der Waals surface area contributed by atoms with Crippen LogP contribution in [0.25, 0.3) is 0 Å². The Hall–Kier alpha value is -2.88. The lowest BCUT2D eigenvalue weighted by Gasteiger charge is -2.43. The highest BCUT2D eigenvalue weighted by Crippen LogP contribution is 2.51. The lowest BCUT2D eigenvalue weighted by Crippen LogP contribution is -2.31. The van der Waals surface area contributed by atoms with E-state index in [-0.39, 0.29) is 29.6 Å². The van der Waals surface area contributed by atoms with Gasteiger partial charge in [0.1, 0.15) is 0 Å². The standard InChI is InChI=1S/C27H25ClO3/c1-17(2)23-16-24(18-6-4-3-5-7-18)26(20-12-14-22(28)15-13-20)31-25(23)19-8-10-21(11-9-19)27(29)30/h3-15,23-26H,1,16H2,2H3,(H,29,30)/t23-,24-,25-,26+/m0/s1. The summed E-state index contributed by atoms with van der Waals surface area (Å²) in [6.07, 6.45) is 0.526. The summed E-state index contributed by atoms with van der Waals surface area (Å²) in [6, 6.07) is 25.2. The van der Waals surface area contributed by atoms with E-state index in [0.29, 0.717) is 5.02 Å². The first-order chi connectivity index (χ1) is 14.9. The van der Waals surface area contributed by atoms with Crippen LogP contribution in [0.15, 0.2) is 91.0 Å². The highest BCUT2D eigenvalue weighted by atomic mass is 35.5. The smallest absolute Gasteiger partial charge is 0.335 e. The summed E-state index contributed by atoms with van der Waals surface area (Å²) in [7, 11) is 0. The molecule has 1 fully saturated rings. The van der Waals surface area contributed by atoms with Crippen LogP contribution in [0.3, 0.4) is 0 Å². The number of aromatic carboxylic acids is 1. The van der Waals surface area contributed by atoms with Gasteiger partial charge in [-0.25, -0.2) is 4.79 Å². The quantitative estimate of drug-likeness (QED) is 0.433. The van der Waals surface area contributed by atoms with Gasteiger partial charge in [-0.3, -0.25) is 0 Å². The van der Waals surface area contributed by atoms with Crippen molar-refractivity contribution in [1.29, 1.82) is 0 Å². The summed E-state index contributed by atoms with van der Waals surface area (Å²) in [5, 5.41) is 9.94. The third-order valence-electron chi connectivity index (χ3n) is 6.08. The molecule has 4 atom stereocenters. The fourth-order valence-corrected chi connectivity index (χ4v) is 4.55. The molecule has 158 valence electrons. The summed E-state index contributed by atoms with van der Waals surface area (Å²) >= 11 is 6.13. The van der Waals surface area contributed by atoms with Gasteiger partial charge < -0.3 is 9.84 Å². The van der Waals surface area contributed by atoms with Gasteiger partial charge in [0.2, 0.25) is 0 Å². The highest BCUT2D eigenvalue weighted by molar-refractivity contribution is 6.30. The highest BCUT2D eigenvalue weighted by Gasteiger charge is 2.40. The second-order valence-corrected chi connectivity index (χ2v) is 8.60. The third-order valence-corrected chi connectivity index (χ3v) is 6.33. The zero-order valence-corrected chi connectivity index (χ0v) is 18.1. The Morgan fingerprint density at radius 3 is 2.06 bits per heavy atom. The van der Waals surface area contributed by atoms with E-state index < -0.39 is 5.97 Å². The minimum Gasteiger partial charge on any atom is -0.478 e. The number of hydrogen-bond donors (Lipinski definition) is 1. The Morgan fingerprint density at radius 1 is 0.903 bits per heavy atom. The van der Waals surface area contributed by atoms with Crippen LogP contribution in [0.2, 0.25) is 5.02 Å². The van der Waals surface area contributed by atoms with Crippen molar-refractivity contribution in [3.8, 4) is 0 Å². The van der Waals surface area contributed by atoms with Gasteiger partial charge in [-0.15, -0.1) is 0 Å². The van der Waals surface area contributed by atoms with Crippen LogP contribution in [-0.4, -0.2) is 11.1 Å². The van der Waals surface area contributed by atoms with Crippen LogP contribution in [0.5, 0.6) is 0 Å². The van der Waals surface area contributed by atoms with E-state index >= 15 is 0 Å². The number of benzene rings is 3. The van der Waals surface area contributed by atoms with E-state index in [2.05, 4.69) is 30.8 Å². The van der Waals surface area contributed by atoms with Crippen molar-refractivity contribution < 1.29 is 14.6 Å². The van der Waals surface area contributed by atoms with Gasteiger partial charge in [0.05, 0.1) is 17.8 Å². The first-order valence-corrected chi connectivity index (χ1v) is 10.8. The summed E-state index contributed by atoms with van der Waals surface area (Å²) in [6.45, 7) is 6.29. The van der Waals surface area contributed by atoms with Crippen molar-refractivity contribution >= 4 is 17.6 Å². The number of carboxylic acid groups (broad SMARTS) is 1. The second-order valence-electron chi connectivity index (χ2n) is 8.16. The Morgan fingerprint density at radius 2 is 1.48 bits per heavy atom. The Labute approximate surface area is 188 Å². The molecular weight excluding hydrogens is 408 g/mol. The van der Waals surface area contributed by atoms with Gasteiger partial charge in [-0.2, -0.15) is 0 Å². The predicted octanol–water partition coefficient (Wildman–Crippen LogP) is 7.22. The minimum absolute atomic E-state index is 0.115. The van der Waals surface area contributed by atoms with Crippen LogP contribution in [0.4, 0.5) is 0 Å². The molecule has 0 saturated carbocycles. The van der Waals surface area contributed by atoms with E-state index in [9.17, 15) is 9.90 Å². The van der Waals surface area contributed by atoms with Gasteiger partial charge in [0, 0.05) is 16.9 Å².